The van der Waals surface area contributed by atoms with Gasteiger partial charge < -0.3 is 0 Å². The lowest BCUT2D eigenvalue weighted by Gasteiger charge is -2.10. The summed E-state index contributed by atoms with van der Waals surface area (Å²) in [6.07, 6.45) is 2.06. The summed E-state index contributed by atoms with van der Waals surface area (Å²) in [5.41, 5.74) is 2.37. The molecule has 13 heavy (non-hydrogen) atoms. The van der Waals surface area contributed by atoms with Gasteiger partial charge in [0.05, 0.1) is 11.5 Å². The van der Waals surface area contributed by atoms with Gasteiger partial charge in [-0.3, -0.25) is 0 Å². The number of hydrogen-bond acceptors (Lipinski definition) is 1. The molecular formula is C11H10IN. The summed E-state index contributed by atoms with van der Waals surface area (Å²) in [5, 5.41) is 9.07. The second kappa shape index (κ2) is 2.98. The Kier molecular flexibility index (Phi) is 2.07. The average molecular weight is 283 g/mol. The van der Waals surface area contributed by atoms with E-state index in [2.05, 4.69) is 47.7 Å². The highest BCUT2D eigenvalue weighted by molar-refractivity contribution is 14.1. The maximum Gasteiger partial charge on any atom is 0.0834 e. The minimum Gasteiger partial charge on any atom is -0.197 e. The van der Waals surface area contributed by atoms with Crippen LogP contribution in [0.15, 0.2) is 18.2 Å². The molecule has 0 saturated heterocycles. The van der Waals surface area contributed by atoms with E-state index in [0.717, 1.165) is 12.8 Å². The number of aryl methyl sites for hydroxylation is 1. The first kappa shape index (κ1) is 9.01. The lowest BCUT2D eigenvalue weighted by Crippen LogP contribution is -2.05. The summed E-state index contributed by atoms with van der Waals surface area (Å²) < 4.78 is 1.26. The summed E-state index contributed by atoms with van der Waals surface area (Å²) in [7, 11) is 0. The van der Waals surface area contributed by atoms with E-state index >= 15 is 0 Å². The first-order valence-electron chi connectivity index (χ1n) is 4.36. The molecule has 1 aromatic carbocycles. The second-order valence-corrected chi connectivity index (χ2v) is 4.71. The zero-order chi connectivity index (χ0) is 9.47. The number of benzene rings is 1. The fraction of sp³-hybridized carbons (Fsp3) is 0.364. The Morgan fingerprint density at radius 3 is 2.69 bits per heavy atom. The Labute approximate surface area is 91.9 Å². The van der Waals surface area contributed by atoms with Gasteiger partial charge in [-0.15, -0.1) is 0 Å². The minimum absolute atomic E-state index is 0.136. The van der Waals surface area contributed by atoms with Crippen molar-refractivity contribution in [2.24, 2.45) is 0 Å². The van der Waals surface area contributed by atoms with Crippen LogP contribution in [0, 0.1) is 21.8 Å². The van der Waals surface area contributed by atoms with Gasteiger partial charge in [0.1, 0.15) is 0 Å². The highest BCUT2D eigenvalue weighted by atomic mass is 127. The van der Waals surface area contributed by atoms with E-state index in [9.17, 15) is 0 Å². The Balaban J connectivity index is 2.54. The molecular weight excluding hydrogens is 273 g/mol. The van der Waals surface area contributed by atoms with Gasteiger partial charge in [0, 0.05) is 3.57 Å². The summed E-state index contributed by atoms with van der Waals surface area (Å²) in [4.78, 5) is 0. The molecule has 0 bridgehead atoms. The van der Waals surface area contributed by atoms with E-state index in [1.807, 2.05) is 6.07 Å². The Morgan fingerprint density at radius 2 is 2.15 bits per heavy atom. The van der Waals surface area contributed by atoms with E-state index in [1.165, 1.54) is 14.7 Å². The van der Waals surface area contributed by atoms with Crippen LogP contribution in [-0.2, 0) is 5.41 Å². The number of rotatable bonds is 1. The molecule has 0 aromatic heterocycles. The van der Waals surface area contributed by atoms with Crippen molar-refractivity contribution in [2.45, 2.75) is 25.2 Å². The normalized spacial score (nSPS) is 17.9. The maximum atomic E-state index is 9.07. The molecule has 0 N–H and O–H groups in total. The second-order valence-electron chi connectivity index (χ2n) is 3.63. The van der Waals surface area contributed by atoms with Crippen molar-refractivity contribution in [2.75, 3.05) is 0 Å². The third kappa shape index (κ3) is 1.35. The molecule has 2 rings (SSSR count). The average Bonchev–Trinajstić information content (AvgIpc) is 2.90. The molecule has 1 aliphatic rings. The van der Waals surface area contributed by atoms with Crippen molar-refractivity contribution in [3.8, 4) is 6.07 Å². The third-order valence-corrected chi connectivity index (χ3v) is 4.10. The number of nitriles is 1. The van der Waals surface area contributed by atoms with Crippen LogP contribution in [0.4, 0.5) is 0 Å². The molecule has 0 unspecified atom stereocenters. The SMILES string of the molecule is Cc1cccc(C2(C#N)CC2)c1I. The van der Waals surface area contributed by atoms with Crippen molar-refractivity contribution in [1.82, 2.24) is 0 Å². The predicted molar refractivity (Wildman–Crippen MR) is 60.4 cm³/mol. The fourth-order valence-corrected chi connectivity index (χ4v) is 2.46. The van der Waals surface area contributed by atoms with Crippen LogP contribution >= 0.6 is 22.6 Å². The van der Waals surface area contributed by atoms with E-state index < -0.39 is 0 Å². The molecule has 1 aromatic rings. The zero-order valence-corrected chi connectivity index (χ0v) is 9.63. The van der Waals surface area contributed by atoms with Crippen LogP contribution in [0.5, 0.6) is 0 Å². The first-order valence-corrected chi connectivity index (χ1v) is 5.44. The summed E-state index contributed by atoms with van der Waals surface area (Å²) in [5.74, 6) is 0. The van der Waals surface area contributed by atoms with Crippen molar-refractivity contribution < 1.29 is 0 Å². The zero-order valence-electron chi connectivity index (χ0n) is 7.47. The molecule has 2 heteroatoms. The molecule has 0 atom stereocenters. The Bertz CT molecular complexity index is 386. The van der Waals surface area contributed by atoms with Gasteiger partial charge in [0.15, 0.2) is 0 Å². The topological polar surface area (TPSA) is 23.8 Å². The summed E-state index contributed by atoms with van der Waals surface area (Å²) in [6.45, 7) is 2.10. The molecule has 1 saturated carbocycles. The smallest absolute Gasteiger partial charge is 0.0834 e. The fourth-order valence-electron chi connectivity index (χ4n) is 1.58. The van der Waals surface area contributed by atoms with Crippen LogP contribution in [0.25, 0.3) is 0 Å². The molecule has 1 aliphatic carbocycles. The molecule has 1 fully saturated rings. The lowest BCUT2D eigenvalue weighted by molar-refractivity contribution is 0.897. The predicted octanol–water partition coefficient (Wildman–Crippen LogP) is 3.15. The van der Waals surface area contributed by atoms with Crippen molar-refractivity contribution in [1.29, 1.82) is 5.26 Å². The highest BCUT2D eigenvalue weighted by Crippen LogP contribution is 2.49. The van der Waals surface area contributed by atoms with Gasteiger partial charge in [-0.05, 0) is 53.5 Å². The molecule has 0 heterocycles. The van der Waals surface area contributed by atoms with Crippen molar-refractivity contribution >= 4 is 22.6 Å². The van der Waals surface area contributed by atoms with Gasteiger partial charge in [0.25, 0.3) is 0 Å². The monoisotopic (exact) mass is 283 g/mol. The molecule has 0 amide bonds. The van der Waals surface area contributed by atoms with Gasteiger partial charge in [0.2, 0.25) is 0 Å². The van der Waals surface area contributed by atoms with E-state index in [0.29, 0.717) is 0 Å². The number of hydrogen-bond donors (Lipinski definition) is 0. The Morgan fingerprint density at radius 1 is 1.46 bits per heavy atom. The Hall–Kier alpha value is -0.560. The van der Waals surface area contributed by atoms with Gasteiger partial charge in [-0.1, -0.05) is 18.2 Å². The highest BCUT2D eigenvalue weighted by Gasteiger charge is 2.46. The van der Waals surface area contributed by atoms with Crippen LogP contribution in [0.2, 0.25) is 0 Å². The van der Waals surface area contributed by atoms with Crippen LogP contribution in [-0.4, -0.2) is 0 Å². The van der Waals surface area contributed by atoms with E-state index in [-0.39, 0.29) is 5.41 Å². The molecule has 66 valence electrons. The standard InChI is InChI=1S/C11H10IN/c1-8-3-2-4-9(10(8)12)11(7-13)5-6-11/h2-4H,5-6H2,1H3. The summed E-state index contributed by atoms with van der Waals surface area (Å²) in [6, 6.07) is 8.66. The molecule has 0 spiro atoms. The van der Waals surface area contributed by atoms with Gasteiger partial charge >= 0.3 is 0 Å². The molecule has 1 nitrogen and oxygen atoms in total. The number of halogens is 1. The van der Waals surface area contributed by atoms with Gasteiger partial charge in [-0.2, -0.15) is 5.26 Å². The summed E-state index contributed by atoms with van der Waals surface area (Å²) >= 11 is 2.34. The largest absolute Gasteiger partial charge is 0.197 e. The number of nitrogens with zero attached hydrogens (tertiary/aromatic N) is 1. The molecule has 0 radical (unpaired) electrons. The van der Waals surface area contributed by atoms with Crippen molar-refractivity contribution in [3.05, 3.63) is 32.9 Å². The van der Waals surface area contributed by atoms with Crippen LogP contribution < -0.4 is 0 Å². The van der Waals surface area contributed by atoms with E-state index in [1.54, 1.807) is 0 Å². The first-order chi connectivity index (χ1) is 6.19. The molecule has 0 aliphatic heterocycles. The van der Waals surface area contributed by atoms with Crippen LogP contribution in [0.1, 0.15) is 24.0 Å². The quantitative estimate of drug-likeness (QED) is 0.726. The minimum atomic E-state index is -0.136. The maximum absolute atomic E-state index is 9.07. The van der Waals surface area contributed by atoms with Crippen molar-refractivity contribution in [3.63, 3.8) is 0 Å². The van der Waals surface area contributed by atoms with E-state index in [4.69, 9.17) is 5.26 Å². The third-order valence-electron chi connectivity index (χ3n) is 2.67. The van der Waals surface area contributed by atoms with Crippen LogP contribution in [0.3, 0.4) is 0 Å². The van der Waals surface area contributed by atoms with Gasteiger partial charge in [-0.25, -0.2) is 0 Å². The lowest BCUT2D eigenvalue weighted by atomic mass is 9.96.